The van der Waals surface area contributed by atoms with Crippen LogP contribution in [0.25, 0.3) is 22.4 Å². The quantitative estimate of drug-likeness (QED) is 0.546. The van der Waals surface area contributed by atoms with E-state index in [1.54, 1.807) is 12.4 Å². The molecule has 0 amide bonds. The minimum atomic E-state index is 0.546. The van der Waals surface area contributed by atoms with Gasteiger partial charge in [0, 0.05) is 35.8 Å². The first-order valence-corrected chi connectivity index (χ1v) is 9.46. The van der Waals surface area contributed by atoms with Gasteiger partial charge in [0.1, 0.15) is 11.6 Å². The second-order valence-electron chi connectivity index (χ2n) is 7.02. The Balaban J connectivity index is 1.59. The maximum Gasteiger partial charge on any atom is 0.130 e. The van der Waals surface area contributed by atoms with Crippen LogP contribution in [-0.2, 0) is 6.54 Å². The van der Waals surface area contributed by atoms with Crippen molar-refractivity contribution in [2.75, 3.05) is 5.32 Å². The summed E-state index contributed by atoms with van der Waals surface area (Å²) in [4.78, 5) is 22.2. The van der Waals surface area contributed by atoms with Crippen molar-refractivity contribution >= 4 is 5.82 Å². The summed E-state index contributed by atoms with van der Waals surface area (Å²) in [7, 11) is 0. The normalized spacial score (nSPS) is 10.7. The van der Waals surface area contributed by atoms with Crippen LogP contribution in [0.5, 0.6) is 0 Å². The lowest BCUT2D eigenvalue weighted by molar-refractivity contribution is 0.964. The van der Waals surface area contributed by atoms with E-state index in [4.69, 9.17) is 0 Å². The lowest BCUT2D eigenvalue weighted by atomic mass is 10.0. The number of nitrogens with zero attached hydrogens (tertiary/aromatic N) is 5. The van der Waals surface area contributed by atoms with Gasteiger partial charge in [-0.15, -0.1) is 0 Å². The van der Waals surface area contributed by atoms with Crippen molar-refractivity contribution in [3.8, 4) is 22.4 Å². The van der Waals surface area contributed by atoms with E-state index in [0.29, 0.717) is 12.4 Å². The average Bonchev–Trinajstić information content (AvgIpc) is 2.74. The van der Waals surface area contributed by atoms with Gasteiger partial charge in [-0.1, -0.05) is 29.8 Å². The van der Waals surface area contributed by atoms with E-state index in [-0.39, 0.29) is 0 Å². The van der Waals surface area contributed by atoms with Crippen LogP contribution in [0.2, 0.25) is 0 Å². The number of hydrogen-bond acceptors (Lipinski definition) is 6. The van der Waals surface area contributed by atoms with Crippen molar-refractivity contribution in [2.45, 2.75) is 27.3 Å². The fourth-order valence-corrected chi connectivity index (χ4v) is 2.98. The lowest BCUT2D eigenvalue weighted by Crippen LogP contribution is -2.06. The van der Waals surface area contributed by atoms with Gasteiger partial charge in [0.15, 0.2) is 0 Å². The van der Waals surface area contributed by atoms with Crippen LogP contribution in [0, 0.1) is 20.8 Å². The van der Waals surface area contributed by atoms with Crippen LogP contribution in [0.3, 0.4) is 0 Å². The summed E-state index contributed by atoms with van der Waals surface area (Å²) in [6.45, 7) is 6.43. The van der Waals surface area contributed by atoms with Gasteiger partial charge in [-0.3, -0.25) is 15.0 Å². The summed E-state index contributed by atoms with van der Waals surface area (Å²) < 4.78 is 0. The van der Waals surface area contributed by atoms with E-state index >= 15 is 0 Å². The number of pyridine rings is 1. The molecule has 6 nitrogen and oxygen atoms in total. The van der Waals surface area contributed by atoms with Gasteiger partial charge in [-0.05, 0) is 32.4 Å². The molecular formula is C23H22N6. The zero-order valence-electron chi connectivity index (χ0n) is 16.7. The highest BCUT2D eigenvalue weighted by Gasteiger charge is 2.08. The van der Waals surface area contributed by atoms with Gasteiger partial charge in [0.05, 0.1) is 29.8 Å². The zero-order valence-corrected chi connectivity index (χ0v) is 16.7. The Labute approximate surface area is 170 Å². The maximum absolute atomic E-state index is 4.60. The molecule has 0 saturated heterocycles. The largest absolute Gasteiger partial charge is 0.364 e. The van der Waals surface area contributed by atoms with Crippen LogP contribution in [0.15, 0.2) is 61.2 Å². The number of rotatable bonds is 5. The van der Waals surface area contributed by atoms with Crippen molar-refractivity contribution in [3.05, 3.63) is 84.0 Å². The van der Waals surface area contributed by atoms with Crippen LogP contribution in [0.1, 0.15) is 22.8 Å². The lowest BCUT2D eigenvalue weighted by Gasteiger charge is -2.10. The number of aromatic nitrogens is 5. The molecule has 3 heterocycles. The maximum atomic E-state index is 4.60. The Morgan fingerprint density at radius 3 is 2.31 bits per heavy atom. The molecule has 0 saturated carbocycles. The van der Waals surface area contributed by atoms with Crippen LogP contribution in [-0.4, -0.2) is 24.9 Å². The highest BCUT2D eigenvalue weighted by atomic mass is 15.0. The molecule has 6 heteroatoms. The van der Waals surface area contributed by atoms with Gasteiger partial charge in [-0.2, -0.15) is 0 Å². The highest BCUT2D eigenvalue weighted by Crippen LogP contribution is 2.25. The Morgan fingerprint density at radius 1 is 0.759 bits per heavy atom. The molecule has 1 aromatic carbocycles. The molecule has 144 valence electrons. The highest BCUT2D eigenvalue weighted by molar-refractivity contribution is 5.71. The second-order valence-corrected chi connectivity index (χ2v) is 7.02. The smallest absolute Gasteiger partial charge is 0.130 e. The number of anilines is 1. The minimum Gasteiger partial charge on any atom is -0.364 e. The monoisotopic (exact) mass is 382 g/mol. The molecule has 0 aliphatic rings. The molecule has 0 unspecified atom stereocenters. The molecular weight excluding hydrogens is 360 g/mol. The molecule has 1 N–H and O–H groups in total. The van der Waals surface area contributed by atoms with Crippen LogP contribution < -0.4 is 5.32 Å². The molecule has 0 atom stereocenters. The standard InChI is InChI=1S/C23H22N6/c1-15-4-6-18(7-5-15)19-8-20(12-24-11-19)22-9-23(29-17(3)28-22)27-14-21-13-25-16(2)10-26-21/h4-13H,14H2,1-3H3,(H,27,28,29). The Morgan fingerprint density at radius 2 is 1.55 bits per heavy atom. The van der Waals surface area contributed by atoms with Gasteiger partial charge in [0.25, 0.3) is 0 Å². The summed E-state index contributed by atoms with van der Waals surface area (Å²) in [5, 5.41) is 3.31. The van der Waals surface area contributed by atoms with E-state index in [2.05, 4.69) is 67.5 Å². The van der Waals surface area contributed by atoms with E-state index in [1.165, 1.54) is 5.56 Å². The third-order valence-corrected chi connectivity index (χ3v) is 4.54. The topological polar surface area (TPSA) is 76.5 Å². The molecule has 4 rings (SSSR count). The number of hydrogen-bond donors (Lipinski definition) is 1. The molecule has 29 heavy (non-hydrogen) atoms. The first-order valence-electron chi connectivity index (χ1n) is 9.46. The van der Waals surface area contributed by atoms with Crippen molar-refractivity contribution in [1.82, 2.24) is 24.9 Å². The fraction of sp³-hybridized carbons (Fsp3) is 0.174. The molecule has 0 spiro atoms. The molecule has 0 radical (unpaired) electrons. The van der Waals surface area contributed by atoms with Crippen LogP contribution >= 0.6 is 0 Å². The van der Waals surface area contributed by atoms with Crippen LogP contribution in [0.4, 0.5) is 5.82 Å². The number of nitrogens with one attached hydrogen (secondary N) is 1. The minimum absolute atomic E-state index is 0.546. The van der Waals surface area contributed by atoms with Gasteiger partial charge in [0.2, 0.25) is 0 Å². The van der Waals surface area contributed by atoms with E-state index < -0.39 is 0 Å². The molecule has 0 bridgehead atoms. The summed E-state index contributed by atoms with van der Waals surface area (Å²) >= 11 is 0. The van der Waals surface area contributed by atoms with Gasteiger partial charge < -0.3 is 5.32 Å². The fourth-order valence-electron chi connectivity index (χ4n) is 2.98. The second kappa shape index (κ2) is 8.14. The summed E-state index contributed by atoms with van der Waals surface area (Å²) in [6, 6.07) is 12.5. The average molecular weight is 382 g/mol. The van der Waals surface area contributed by atoms with Gasteiger partial charge in [-0.25, -0.2) is 9.97 Å². The summed E-state index contributed by atoms with van der Waals surface area (Å²) in [5.41, 5.74) is 6.96. The Kier molecular flexibility index (Phi) is 5.24. The van der Waals surface area contributed by atoms with E-state index in [1.807, 2.05) is 32.3 Å². The SMILES string of the molecule is Cc1ccc(-c2cncc(-c3cc(NCc4cnc(C)cn4)nc(C)n3)c2)cc1. The van der Waals surface area contributed by atoms with Crippen molar-refractivity contribution in [1.29, 1.82) is 0 Å². The Bertz CT molecular complexity index is 1120. The number of aryl methyl sites for hydroxylation is 3. The van der Waals surface area contributed by atoms with Crippen molar-refractivity contribution in [3.63, 3.8) is 0 Å². The van der Waals surface area contributed by atoms with E-state index in [0.717, 1.165) is 39.6 Å². The molecule has 0 aliphatic carbocycles. The van der Waals surface area contributed by atoms with Crippen molar-refractivity contribution in [2.24, 2.45) is 0 Å². The molecule has 4 aromatic rings. The first kappa shape index (κ1) is 18.7. The third kappa shape index (κ3) is 4.60. The molecule has 0 fully saturated rings. The predicted molar refractivity (Wildman–Crippen MR) is 114 cm³/mol. The summed E-state index contributed by atoms with van der Waals surface area (Å²) in [5.74, 6) is 1.44. The molecule has 3 aromatic heterocycles. The van der Waals surface area contributed by atoms with E-state index in [9.17, 15) is 0 Å². The number of benzene rings is 1. The molecule has 0 aliphatic heterocycles. The predicted octanol–water partition coefficient (Wildman–Crippen LogP) is 4.53. The zero-order chi connectivity index (χ0) is 20.2. The first-order chi connectivity index (χ1) is 14.1. The summed E-state index contributed by atoms with van der Waals surface area (Å²) in [6.07, 6.45) is 7.23. The Hall–Kier alpha value is -3.67. The van der Waals surface area contributed by atoms with Gasteiger partial charge >= 0.3 is 0 Å². The third-order valence-electron chi connectivity index (χ3n) is 4.54. The van der Waals surface area contributed by atoms with Crippen molar-refractivity contribution < 1.29 is 0 Å².